The first kappa shape index (κ1) is 21.8. The number of nitrogens with zero attached hydrogens (tertiary/aromatic N) is 3. The van der Waals surface area contributed by atoms with Crippen LogP contribution in [0.25, 0.3) is 11.3 Å². The summed E-state index contributed by atoms with van der Waals surface area (Å²) in [5.41, 5.74) is 4.42. The molecule has 166 valence electrons. The third-order valence-corrected chi connectivity index (χ3v) is 5.96. The Hall–Kier alpha value is -3.41. The largest absolute Gasteiger partial charge is 0.483 e. The molecular formula is C26H30N4O2. The zero-order chi connectivity index (χ0) is 22.5. The van der Waals surface area contributed by atoms with Gasteiger partial charge in [-0.15, -0.1) is 10.2 Å². The molecule has 2 aromatic carbocycles. The fraction of sp³-hybridized carbons (Fsp3) is 0.346. The molecule has 1 amide bonds. The van der Waals surface area contributed by atoms with Crippen molar-refractivity contribution < 1.29 is 9.53 Å². The van der Waals surface area contributed by atoms with Crippen LogP contribution in [0.3, 0.4) is 0 Å². The van der Waals surface area contributed by atoms with Gasteiger partial charge in [-0.3, -0.25) is 4.79 Å². The molecule has 0 aliphatic carbocycles. The Morgan fingerprint density at radius 1 is 1.03 bits per heavy atom. The number of benzene rings is 2. The molecule has 0 saturated carbocycles. The Kier molecular flexibility index (Phi) is 6.69. The smallest absolute Gasteiger partial charge is 0.262 e. The Morgan fingerprint density at radius 2 is 1.75 bits per heavy atom. The first-order valence-electron chi connectivity index (χ1n) is 11.2. The molecule has 1 aliphatic rings. The lowest BCUT2D eigenvalue weighted by Crippen LogP contribution is -2.33. The lowest BCUT2D eigenvalue weighted by atomic mass is 9.99. The second-order valence-electron chi connectivity index (χ2n) is 8.58. The Balaban J connectivity index is 1.38. The number of aromatic nitrogens is 2. The van der Waals surface area contributed by atoms with Crippen molar-refractivity contribution in [1.82, 2.24) is 10.2 Å². The van der Waals surface area contributed by atoms with Crippen LogP contribution >= 0.6 is 0 Å². The number of rotatable bonds is 6. The van der Waals surface area contributed by atoms with Crippen molar-refractivity contribution >= 4 is 17.4 Å². The number of para-hydroxylation sites is 1. The van der Waals surface area contributed by atoms with Crippen LogP contribution in [0.2, 0.25) is 0 Å². The number of anilines is 2. The minimum absolute atomic E-state index is 0.0428. The normalized spacial score (nSPS) is 14.3. The fourth-order valence-electron chi connectivity index (χ4n) is 4.00. The van der Waals surface area contributed by atoms with E-state index in [1.165, 1.54) is 12.8 Å². The molecule has 1 fully saturated rings. The summed E-state index contributed by atoms with van der Waals surface area (Å²) < 4.78 is 5.75. The number of ether oxygens (including phenoxy) is 1. The van der Waals surface area contributed by atoms with Crippen LogP contribution in [0.4, 0.5) is 11.5 Å². The van der Waals surface area contributed by atoms with E-state index in [9.17, 15) is 4.79 Å². The summed E-state index contributed by atoms with van der Waals surface area (Å²) in [4.78, 5) is 14.7. The van der Waals surface area contributed by atoms with Crippen LogP contribution in [-0.4, -0.2) is 35.8 Å². The molecule has 32 heavy (non-hydrogen) atoms. The molecule has 4 rings (SSSR count). The number of piperidine rings is 1. The van der Waals surface area contributed by atoms with Crippen molar-refractivity contribution in [3.8, 4) is 17.0 Å². The van der Waals surface area contributed by atoms with Gasteiger partial charge in [0, 0.05) is 24.3 Å². The number of hydrogen-bond donors (Lipinski definition) is 1. The van der Waals surface area contributed by atoms with Crippen LogP contribution < -0.4 is 15.0 Å². The van der Waals surface area contributed by atoms with Gasteiger partial charge in [0.05, 0.1) is 5.69 Å². The highest BCUT2D eigenvalue weighted by atomic mass is 16.5. The van der Waals surface area contributed by atoms with E-state index in [-0.39, 0.29) is 12.5 Å². The summed E-state index contributed by atoms with van der Waals surface area (Å²) in [5, 5.41) is 11.8. The van der Waals surface area contributed by atoms with Gasteiger partial charge >= 0.3 is 0 Å². The molecule has 3 aromatic rings. The van der Waals surface area contributed by atoms with Crippen molar-refractivity contribution in [3.63, 3.8) is 0 Å². The number of carbonyl (C=O) groups is 1. The molecule has 0 bridgehead atoms. The number of aryl methyl sites for hydroxylation is 2. The molecule has 0 atom stereocenters. The predicted molar refractivity (Wildman–Crippen MR) is 128 cm³/mol. The number of amides is 1. The first-order valence-corrected chi connectivity index (χ1v) is 11.2. The van der Waals surface area contributed by atoms with Crippen LogP contribution in [0, 0.1) is 19.8 Å². The maximum Gasteiger partial charge on any atom is 0.262 e. The van der Waals surface area contributed by atoms with Gasteiger partial charge in [0.1, 0.15) is 5.75 Å². The SMILES string of the molecule is Cc1cccc(C)c1OCC(=O)Nc1cccc(-c2ccc(N3CCC(C)CC3)nn2)c1. The molecule has 0 spiro atoms. The zero-order valence-corrected chi connectivity index (χ0v) is 19.0. The van der Waals surface area contributed by atoms with Gasteiger partial charge in [-0.25, -0.2) is 0 Å². The zero-order valence-electron chi connectivity index (χ0n) is 19.0. The number of hydrogen-bond acceptors (Lipinski definition) is 5. The van der Waals surface area contributed by atoms with Gasteiger partial charge in [0.25, 0.3) is 5.91 Å². The third kappa shape index (κ3) is 5.25. The minimum Gasteiger partial charge on any atom is -0.483 e. The highest BCUT2D eigenvalue weighted by Gasteiger charge is 2.17. The molecule has 6 heteroatoms. The van der Waals surface area contributed by atoms with E-state index in [0.717, 1.165) is 53.0 Å². The second-order valence-corrected chi connectivity index (χ2v) is 8.58. The summed E-state index contributed by atoms with van der Waals surface area (Å²) in [6.07, 6.45) is 2.39. The summed E-state index contributed by atoms with van der Waals surface area (Å²) in [5.74, 6) is 2.26. The van der Waals surface area contributed by atoms with Crippen molar-refractivity contribution in [2.45, 2.75) is 33.6 Å². The van der Waals surface area contributed by atoms with E-state index in [1.54, 1.807) is 0 Å². The van der Waals surface area contributed by atoms with Crippen molar-refractivity contribution in [1.29, 1.82) is 0 Å². The third-order valence-electron chi connectivity index (χ3n) is 5.96. The minimum atomic E-state index is -0.203. The molecule has 1 N–H and O–H groups in total. The van der Waals surface area contributed by atoms with Crippen molar-refractivity contribution in [2.24, 2.45) is 5.92 Å². The maximum atomic E-state index is 12.4. The monoisotopic (exact) mass is 430 g/mol. The van der Waals surface area contributed by atoms with Gasteiger partial charge < -0.3 is 15.0 Å². The van der Waals surface area contributed by atoms with Crippen molar-refractivity contribution in [3.05, 3.63) is 65.7 Å². The second kappa shape index (κ2) is 9.81. The Labute approximate surface area is 189 Å². The Bertz CT molecular complexity index is 1050. The molecular weight excluding hydrogens is 400 g/mol. The number of carbonyl (C=O) groups excluding carboxylic acids is 1. The molecule has 0 unspecified atom stereocenters. The molecule has 0 radical (unpaired) electrons. The van der Waals surface area contributed by atoms with E-state index < -0.39 is 0 Å². The van der Waals surface area contributed by atoms with E-state index in [2.05, 4.69) is 27.3 Å². The number of nitrogens with one attached hydrogen (secondary N) is 1. The average Bonchev–Trinajstić information content (AvgIpc) is 2.80. The van der Waals surface area contributed by atoms with Gasteiger partial charge in [-0.05, 0) is 68.0 Å². The van der Waals surface area contributed by atoms with Gasteiger partial charge in [-0.2, -0.15) is 0 Å². The van der Waals surface area contributed by atoms with Crippen LogP contribution in [-0.2, 0) is 4.79 Å². The topological polar surface area (TPSA) is 67.3 Å². The highest BCUT2D eigenvalue weighted by molar-refractivity contribution is 5.92. The van der Waals surface area contributed by atoms with Crippen LogP contribution in [0.15, 0.2) is 54.6 Å². The van der Waals surface area contributed by atoms with Crippen LogP contribution in [0.5, 0.6) is 5.75 Å². The quantitative estimate of drug-likeness (QED) is 0.595. The van der Waals surface area contributed by atoms with Gasteiger partial charge in [0.15, 0.2) is 12.4 Å². The highest BCUT2D eigenvalue weighted by Crippen LogP contribution is 2.25. The van der Waals surface area contributed by atoms with Gasteiger partial charge in [-0.1, -0.05) is 37.3 Å². The fourth-order valence-corrected chi connectivity index (χ4v) is 4.00. The summed E-state index contributed by atoms with van der Waals surface area (Å²) in [6, 6.07) is 17.6. The van der Waals surface area contributed by atoms with Gasteiger partial charge in [0.2, 0.25) is 0 Å². The summed E-state index contributed by atoms with van der Waals surface area (Å²) in [6.45, 7) is 8.26. The molecule has 2 heterocycles. The lowest BCUT2D eigenvalue weighted by molar-refractivity contribution is -0.118. The Morgan fingerprint density at radius 3 is 2.44 bits per heavy atom. The molecule has 1 saturated heterocycles. The predicted octanol–water partition coefficient (Wildman–Crippen LogP) is 5.01. The van der Waals surface area contributed by atoms with Crippen molar-refractivity contribution in [2.75, 3.05) is 29.9 Å². The molecule has 1 aromatic heterocycles. The first-order chi connectivity index (χ1) is 15.5. The van der Waals surface area contributed by atoms with Crippen LogP contribution in [0.1, 0.15) is 30.9 Å². The van der Waals surface area contributed by atoms with E-state index in [0.29, 0.717) is 5.69 Å². The summed E-state index contributed by atoms with van der Waals surface area (Å²) >= 11 is 0. The lowest BCUT2D eigenvalue weighted by Gasteiger charge is -2.30. The average molecular weight is 431 g/mol. The maximum absolute atomic E-state index is 12.4. The van der Waals surface area contributed by atoms with E-state index in [1.807, 2.05) is 68.4 Å². The van der Waals surface area contributed by atoms with E-state index >= 15 is 0 Å². The van der Waals surface area contributed by atoms with E-state index in [4.69, 9.17) is 4.74 Å². The molecule has 1 aliphatic heterocycles. The standard InChI is InChI=1S/C26H30N4O2/c1-18-12-14-30(15-13-18)24-11-10-23(28-29-24)21-8-5-9-22(16-21)27-25(31)17-32-26-19(2)6-4-7-20(26)3/h4-11,16,18H,12-15,17H2,1-3H3,(H,27,31). The summed E-state index contributed by atoms with van der Waals surface area (Å²) in [7, 11) is 0. The molecule has 6 nitrogen and oxygen atoms in total.